The number of pyridine rings is 1. The van der Waals surface area contributed by atoms with Gasteiger partial charge in [0.05, 0.1) is 11.7 Å². The summed E-state index contributed by atoms with van der Waals surface area (Å²) in [6, 6.07) is 12.5. The minimum Gasteiger partial charge on any atom is -0.366 e. The Balaban J connectivity index is 1.43. The molecule has 0 unspecified atom stereocenters. The van der Waals surface area contributed by atoms with Crippen LogP contribution in [0, 0.1) is 0 Å². The van der Waals surface area contributed by atoms with Crippen molar-refractivity contribution in [1.82, 2.24) is 29.7 Å². The molecular formula is C19H22N8. The van der Waals surface area contributed by atoms with Gasteiger partial charge in [0.25, 0.3) is 0 Å². The van der Waals surface area contributed by atoms with Gasteiger partial charge in [0.1, 0.15) is 5.82 Å². The van der Waals surface area contributed by atoms with E-state index in [1.165, 1.54) is 6.42 Å². The molecular weight excluding hydrogens is 340 g/mol. The van der Waals surface area contributed by atoms with Crippen LogP contribution in [-0.2, 0) is 7.05 Å². The fourth-order valence-electron chi connectivity index (χ4n) is 3.60. The zero-order valence-electron chi connectivity index (χ0n) is 15.2. The number of nitrogens with one attached hydrogen (secondary N) is 3. The number of fused-ring (bicyclic) bond motifs is 2. The predicted molar refractivity (Wildman–Crippen MR) is 106 cm³/mol. The lowest BCUT2D eigenvalue weighted by molar-refractivity contribution is 0.478. The summed E-state index contributed by atoms with van der Waals surface area (Å²) in [5.41, 5.74) is 2.82. The van der Waals surface area contributed by atoms with Crippen LogP contribution in [0.3, 0.4) is 0 Å². The lowest BCUT2D eigenvalue weighted by Crippen LogP contribution is -2.38. The Morgan fingerprint density at radius 1 is 1.22 bits per heavy atom. The van der Waals surface area contributed by atoms with Crippen molar-refractivity contribution in [3.63, 3.8) is 0 Å². The van der Waals surface area contributed by atoms with E-state index < -0.39 is 0 Å². The molecule has 138 valence electrons. The minimum absolute atomic E-state index is 0.414. The van der Waals surface area contributed by atoms with Gasteiger partial charge in [0.2, 0.25) is 5.95 Å². The Morgan fingerprint density at radius 2 is 2.19 bits per heavy atom. The van der Waals surface area contributed by atoms with Gasteiger partial charge in [-0.25, -0.2) is 0 Å². The number of hydrogen-bond acceptors (Lipinski definition) is 6. The van der Waals surface area contributed by atoms with E-state index in [1.54, 1.807) is 0 Å². The number of rotatable bonds is 4. The molecule has 4 heterocycles. The van der Waals surface area contributed by atoms with Gasteiger partial charge >= 0.3 is 0 Å². The number of nitrogens with zero attached hydrogens (tertiary/aromatic N) is 5. The summed E-state index contributed by atoms with van der Waals surface area (Å²) in [7, 11) is 1.94. The average molecular weight is 362 g/mol. The van der Waals surface area contributed by atoms with Crippen molar-refractivity contribution < 1.29 is 0 Å². The summed E-state index contributed by atoms with van der Waals surface area (Å²) >= 11 is 0. The van der Waals surface area contributed by atoms with Gasteiger partial charge in [-0.3, -0.25) is 4.68 Å². The van der Waals surface area contributed by atoms with E-state index in [4.69, 9.17) is 0 Å². The highest BCUT2D eigenvalue weighted by atomic mass is 15.4. The molecule has 0 radical (unpaired) electrons. The third kappa shape index (κ3) is 3.08. The highest BCUT2D eigenvalue weighted by molar-refractivity contribution is 5.83. The topological polar surface area (TPSA) is 84.1 Å². The summed E-state index contributed by atoms with van der Waals surface area (Å²) in [5, 5.41) is 20.4. The first-order valence-electron chi connectivity index (χ1n) is 9.28. The fourth-order valence-corrected chi connectivity index (χ4v) is 3.60. The monoisotopic (exact) mass is 362 g/mol. The Bertz CT molecular complexity index is 1090. The average Bonchev–Trinajstić information content (AvgIpc) is 3.27. The highest BCUT2D eigenvalue weighted by Crippen LogP contribution is 2.22. The van der Waals surface area contributed by atoms with Crippen LogP contribution in [-0.4, -0.2) is 43.5 Å². The normalized spacial score (nSPS) is 17.4. The summed E-state index contributed by atoms with van der Waals surface area (Å²) in [5.74, 6) is 1.54. The maximum atomic E-state index is 4.65. The molecule has 0 bridgehead atoms. The third-order valence-electron chi connectivity index (χ3n) is 5.01. The molecule has 0 aliphatic carbocycles. The van der Waals surface area contributed by atoms with Crippen LogP contribution in [0.15, 0.2) is 42.6 Å². The van der Waals surface area contributed by atoms with Crippen molar-refractivity contribution in [3.8, 4) is 0 Å². The molecule has 5 rings (SSSR count). The molecule has 1 atom stereocenters. The quantitative estimate of drug-likeness (QED) is 0.517. The van der Waals surface area contributed by atoms with E-state index in [0.717, 1.165) is 47.6 Å². The number of benzene rings is 1. The molecule has 8 nitrogen and oxygen atoms in total. The van der Waals surface area contributed by atoms with Gasteiger partial charge in [-0.05, 0) is 49.7 Å². The molecule has 0 spiro atoms. The first-order valence-corrected chi connectivity index (χ1v) is 9.28. The molecule has 27 heavy (non-hydrogen) atoms. The van der Waals surface area contributed by atoms with Gasteiger partial charge in [0.15, 0.2) is 5.65 Å². The van der Waals surface area contributed by atoms with Crippen LogP contribution in [0.1, 0.15) is 12.8 Å². The van der Waals surface area contributed by atoms with Crippen LogP contribution < -0.4 is 16.0 Å². The third-order valence-corrected chi connectivity index (χ3v) is 5.01. The lowest BCUT2D eigenvalue weighted by atomic mass is 10.1. The van der Waals surface area contributed by atoms with Gasteiger partial charge in [0, 0.05) is 30.7 Å². The Hall–Kier alpha value is -3.13. The molecule has 0 saturated carbocycles. The van der Waals surface area contributed by atoms with Crippen LogP contribution in [0.25, 0.3) is 16.6 Å². The zero-order valence-corrected chi connectivity index (χ0v) is 15.2. The van der Waals surface area contributed by atoms with Gasteiger partial charge < -0.3 is 16.0 Å². The maximum absolute atomic E-state index is 4.65. The minimum atomic E-state index is 0.414. The van der Waals surface area contributed by atoms with Gasteiger partial charge in [-0.2, -0.15) is 14.6 Å². The van der Waals surface area contributed by atoms with E-state index in [0.29, 0.717) is 12.0 Å². The first-order chi connectivity index (χ1) is 13.3. The highest BCUT2D eigenvalue weighted by Gasteiger charge is 2.15. The van der Waals surface area contributed by atoms with Gasteiger partial charge in [-0.15, -0.1) is 5.10 Å². The lowest BCUT2D eigenvalue weighted by Gasteiger charge is -2.24. The van der Waals surface area contributed by atoms with Crippen molar-refractivity contribution >= 4 is 34.0 Å². The van der Waals surface area contributed by atoms with Crippen LogP contribution in [0.5, 0.6) is 0 Å². The van der Waals surface area contributed by atoms with Crippen molar-refractivity contribution in [3.05, 3.63) is 42.6 Å². The number of hydrogen-bond donors (Lipinski definition) is 3. The second-order valence-corrected chi connectivity index (χ2v) is 6.97. The van der Waals surface area contributed by atoms with E-state index in [-0.39, 0.29) is 0 Å². The molecule has 1 aromatic carbocycles. The largest absolute Gasteiger partial charge is 0.366 e. The summed E-state index contributed by atoms with van der Waals surface area (Å²) in [6.07, 6.45) is 4.21. The Kier molecular flexibility index (Phi) is 3.90. The molecule has 1 aliphatic rings. The van der Waals surface area contributed by atoms with Crippen molar-refractivity contribution in [2.75, 3.05) is 23.7 Å². The SMILES string of the molecule is Cn1ncc2ccc(Nc3nc4cccc(N[C@H]5CCCNC5)n4n3)cc21. The summed E-state index contributed by atoms with van der Waals surface area (Å²) in [4.78, 5) is 4.61. The van der Waals surface area contributed by atoms with Crippen molar-refractivity contribution in [2.24, 2.45) is 7.05 Å². The predicted octanol–water partition coefficient (Wildman–Crippen LogP) is 2.52. The second-order valence-electron chi connectivity index (χ2n) is 6.97. The number of piperidine rings is 1. The van der Waals surface area contributed by atoms with Crippen LogP contribution >= 0.6 is 0 Å². The Labute approximate surface area is 156 Å². The molecule has 8 heteroatoms. The molecule has 4 aromatic rings. The van der Waals surface area contributed by atoms with E-state index in [1.807, 2.05) is 52.8 Å². The first kappa shape index (κ1) is 16.1. The smallest absolute Gasteiger partial charge is 0.247 e. The zero-order chi connectivity index (χ0) is 18.2. The number of aryl methyl sites for hydroxylation is 1. The molecule has 3 N–H and O–H groups in total. The van der Waals surface area contributed by atoms with E-state index >= 15 is 0 Å². The van der Waals surface area contributed by atoms with Crippen molar-refractivity contribution in [2.45, 2.75) is 18.9 Å². The van der Waals surface area contributed by atoms with Crippen LogP contribution in [0.4, 0.5) is 17.5 Å². The maximum Gasteiger partial charge on any atom is 0.247 e. The van der Waals surface area contributed by atoms with E-state index in [2.05, 4.69) is 37.2 Å². The number of anilines is 3. The number of aromatic nitrogens is 5. The van der Waals surface area contributed by atoms with Crippen LogP contribution in [0.2, 0.25) is 0 Å². The van der Waals surface area contributed by atoms with Gasteiger partial charge in [-0.1, -0.05) is 6.07 Å². The summed E-state index contributed by atoms with van der Waals surface area (Å²) < 4.78 is 3.72. The molecule has 3 aromatic heterocycles. The molecule has 0 amide bonds. The molecule has 1 aliphatic heterocycles. The molecule has 1 fully saturated rings. The standard InChI is InChI=1S/C19H22N8/c1-26-16-10-14(8-7-13(16)11-21-26)23-19-24-18-6-2-5-17(27(18)25-19)22-15-4-3-9-20-12-15/h2,5-8,10-11,15,20,22H,3-4,9,12H2,1H3,(H,23,25)/t15-/m0/s1. The molecule has 1 saturated heterocycles. The Morgan fingerprint density at radius 3 is 3.07 bits per heavy atom. The second kappa shape index (κ2) is 6.55. The summed E-state index contributed by atoms with van der Waals surface area (Å²) in [6.45, 7) is 2.07. The van der Waals surface area contributed by atoms with Crippen molar-refractivity contribution in [1.29, 1.82) is 0 Å². The fraction of sp³-hybridized carbons (Fsp3) is 0.316. The van der Waals surface area contributed by atoms with E-state index in [9.17, 15) is 0 Å².